The van der Waals surface area contributed by atoms with Crippen LogP contribution in [0, 0.1) is 0 Å². The van der Waals surface area contributed by atoms with E-state index in [0.717, 1.165) is 12.8 Å². The summed E-state index contributed by atoms with van der Waals surface area (Å²) in [6.45, 7) is 3.77. The second-order valence-corrected chi connectivity index (χ2v) is 3.66. The minimum atomic E-state index is -2.87. The van der Waals surface area contributed by atoms with Crippen molar-refractivity contribution in [2.45, 2.75) is 51.9 Å². The van der Waals surface area contributed by atoms with Crippen molar-refractivity contribution >= 4 is 0 Å². The van der Waals surface area contributed by atoms with Crippen molar-refractivity contribution in [3.8, 4) is 0 Å². The summed E-state index contributed by atoms with van der Waals surface area (Å²) in [5.74, 6) is -2.68. The van der Waals surface area contributed by atoms with Crippen molar-refractivity contribution in [2.75, 3.05) is 0 Å². The zero-order valence-electron chi connectivity index (χ0n) is 9.19. The van der Waals surface area contributed by atoms with Crippen LogP contribution in [-0.2, 0) is 12.3 Å². The predicted molar refractivity (Wildman–Crippen MR) is 53.8 cm³/mol. The van der Waals surface area contributed by atoms with Gasteiger partial charge in [0.2, 0.25) is 0 Å². The average Bonchev–Trinajstić information content (AvgIpc) is 2.63. The van der Waals surface area contributed by atoms with Crippen molar-refractivity contribution in [1.82, 2.24) is 15.2 Å². The number of aryl methyl sites for hydroxylation is 1. The third-order valence-corrected chi connectivity index (χ3v) is 2.20. The van der Waals surface area contributed by atoms with Gasteiger partial charge in [0, 0.05) is 12.8 Å². The molecule has 1 aromatic heterocycles. The van der Waals surface area contributed by atoms with E-state index in [2.05, 4.69) is 15.2 Å². The lowest BCUT2D eigenvalue weighted by molar-refractivity contribution is -0.0228. The molecule has 1 heterocycles. The van der Waals surface area contributed by atoms with Crippen LogP contribution in [0.15, 0.2) is 0 Å². The van der Waals surface area contributed by atoms with Gasteiger partial charge in [-0.2, -0.15) is 13.9 Å². The van der Waals surface area contributed by atoms with Crippen molar-refractivity contribution in [3.63, 3.8) is 0 Å². The molecule has 0 spiro atoms. The molecular formula is C10H17F2N3. The molecule has 1 rings (SSSR count). The Morgan fingerprint density at radius 3 is 2.60 bits per heavy atom. The van der Waals surface area contributed by atoms with Gasteiger partial charge in [0.1, 0.15) is 0 Å². The van der Waals surface area contributed by atoms with E-state index >= 15 is 0 Å². The molecule has 1 aromatic rings. The number of nitrogens with one attached hydrogen (secondary N) is 1. The van der Waals surface area contributed by atoms with Gasteiger partial charge in [0.25, 0.3) is 0 Å². The quantitative estimate of drug-likeness (QED) is 0.795. The van der Waals surface area contributed by atoms with Crippen LogP contribution in [0.5, 0.6) is 0 Å². The lowest BCUT2D eigenvalue weighted by Crippen LogP contribution is -2.15. The molecule has 5 heteroatoms. The van der Waals surface area contributed by atoms with Crippen LogP contribution < -0.4 is 0 Å². The largest absolute Gasteiger partial charge is 0.306 e. The van der Waals surface area contributed by atoms with Gasteiger partial charge in [-0.05, 0) is 12.8 Å². The minimum absolute atomic E-state index is 0.185. The monoisotopic (exact) mass is 217 g/mol. The van der Waals surface area contributed by atoms with E-state index in [1.165, 1.54) is 0 Å². The van der Waals surface area contributed by atoms with Gasteiger partial charge in [-0.25, -0.2) is 4.98 Å². The topological polar surface area (TPSA) is 41.6 Å². The molecule has 0 bridgehead atoms. The fourth-order valence-corrected chi connectivity index (χ4v) is 1.34. The Morgan fingerprint density at radius 1 is 1.27 bits per heavy atom. The third kappa shape index (κ3) is 3.25. The molecule has 0 radical (unpaired) electrons. The summed E-state index contributed by atoms with van der Waals surface area (Å²) >= 11 is 0. The number of rotatable bonds is 6. The molecule has 3 nitrogen and oxygen atoms in total. The minimum Gasteiger partial charge on any atom is -0.258 e. The molecule has 0 saturated heterocycles. The molecule has 86 valence electrons. The van der Waals surface area contributed by atoms with Gasteiger partial charge in [-0.3, -0.25) is 5.10 Å². The fourth-order valence-electron chi connectivity index (χ4n) is 1.34. The maximum Gasteiger partial charge on any atom is 0.306 e. The van der Waals surface area contributed by atoms with Crippen LogP contribution in [0.2, 0.25) is 0 Å². The Balaban J connectivity index is 2.66. The van der Waals surface area contributed by atoms with E-state index < -0.39 is 5.92 Å². The number of hydrogen-bond acceptors (Lipinski definition) is 2. The summed E-state index contributed by atoms with van der Waals surface area (Å²) in [5, 5.41) is 6.11. The SMILES string of the molecule is CCCCc1n[nH]c(C(F)(F)CCC)n1. The Morgan fingerprint density at radius 2 is 2.00 bits per heavy atom. The first kappa shape index (κ1) is 12.1. The summed E-state index contributed by atoms with van der Waals surface area (Å²) in [6.07, 6.45) is 2.84. The van der Waals surface area contributed by atoms with Gasteiger partial charge in [0.15, 0.2) is 11.6 Å². The molecule has 0 atom stereocenters. The first-order valence-corrected chi connectivity index (χ1v) is 5.39. The summed E-state index contributed by atoms with van der Waals surface area (Å²) in [6, 6.07) is 0. The summed E-state index contributed by atoms with van der Waals surface area (Å²) in [5.41, 5.74) is 0. The molecule has 0 aliphatic rings. The van der Waals surface area contributed by atoms with Gasteiger partial charge in [-0.15, -0.1) is 0 Å². The number of hydrogen-bond donors (Lipinski definition) is 1. The molecule has 0 fully saturated rings. The van der Waals surface area contributed by atoms with Crippen LogP contribution in [0.3, 0.4) is 0 Å². The number of aromatic amines is 1. The Labute approximate surface area is 88.3 Å². The first-order chi connectivity index (χ1) is 7.10. The van der Waals surface area contributed by atoms with E-state index in [-0.39, 0.29) is 12.2 Å². The van der Waals surface area contributed by atoms with Crippen molar-refractivity contribution < 1.29 is 8.78 Å². The summed E-state index contributed by atoms with van der Waals surface area (Å²) < 4.78 is 26.7. The van der Waals surface area contributed by atoms with E-state index in [4.69, 9.17) is 0 Å². The Kier molecular flexibility index (Phi) is 4.17. The van der Waals surface area contributed by atoms with Crippen LogP contribution in [-0.4, -0.2) is 15.2 Å². The van der Waals surface area contributed by atoms with Crippen molar-refractivity contribution in [2.24, 2.45) is 0 Å². The zero-order chi connectivity index (χ0) is 11.3. The van der Waals surface area contributed by atoms with Gasteiger partial charge < -0.3 is 0 Å². The smallest absolute Gasteiger partial charge is 0.258 e. The highest BCUT2D eigenvalue weighted by molar-refractivity contribution is 4.98. The first-order valence-electron chi connectivity index (χ1n) is 5.39. The Bertz CT molecular complexity index is 297. The van der Waals surface area contributed by atoms with E-state index in [1.807, 2.05) is 6.92 Å². The zero-order valence-corrected chi connectivity index (χ0v) is 9.19. The van der Waals surface area contributed by atoms with E-state index in [1.54, 1.807) is 6.92 Å². The lowest BCUT2D eigenvalue weighted by Gasteiger charge is -2.10. The van der Waals surface area contributed by atoms with Crippen LogP contribution in [0.25, 0.3) is 0 Å². The number of alkyl halides is 2. The maximum atomic E-state index is 13.4. The fraction of sp³-hybridized carbons (Fsp3) is 0.800. The van der Waals surface area contributed by atoms with Gasteiger partial charge >= 0.3 is 5.92 Å². The van der Waals surface area contributed by atoms with E-state index in [0.29, 0.717) is 18.7 Å². The highest BCUT2D eigenvalue weighted by atomic mass is 19.3. The summed E-state index contributed by atoms with van der Waals surface area (Å²) in [4.78, 5) is 3.82. The lowest BCUT2D eigenvalue weighted by atomic mass is 10.2. The number of nitrogens with zero attached hydrogens (tertiary/aromatic N) is 2. The molecule has 0 saturated carbocycles. The maximum absolute atomic E-state index is 13.4. The van der Waals surface area contributed by atoms with Crippen LogP contribution in [0.4, 0.5) is 8.78 Å². The molecule has 0 aliphatic carbocycles. The number of aromatic nitrogens is 3. The molecule has 1 N–H and O–H groups in total. The summed E-state index contributed by atoms with van der Waals surface area (Å²) in [7, 11) is 0. The molecular weight excluding hydrogens is 200 g/mol. The predicted octanol–water partition coefficient (Wildman–Crippen LogP) is 3.04. The van der Waals surface area contributed by atoms with Gasteiger partial charge in [0.05, 0.1) is 0 Å². The number of unbranched alkanes of at least 4 members (excludes halogenated alkanes) is 1. The van der Waals surface area contributed by atoms with Gasteiger partial charge in [-0.1, -0.05) is 20.3 Å². The molecule has 0 aliphatic heterocycles. The van der Waals surface area contributed by atoms with Crippen LogP contribution >= 0.6 is 0 Å². The highest BCUT2D eigenvalue weighted by Gasteiger charge is 2.34. The normalized spacial score (nSPS) is 12.0. The molecule has 0 aromatic carbocycles. The molecule has 0 unspecified atom stereocenters. The second-order valence-electron chi connectivity index (χ2n) is 3.66. The highest BCUT2D eigenvalue weighted by Crippen LogP contribution is 2.29. The number of halogens is 2. The Hall–Kier alpha value is -1.00. The molecule has 0 amide bonds. The number of H-pyrrole nitrogens is 1. The van der Waals surface area contributed by atoms with Crippen molar-refractivity contribution in [3.05, 3.63) is 11.6 Å². The van der Waals surface area contributed by atoms with E-state index in [9.17, 15) is 8.78 Å². The van der Waals surface area contributed by atoms with Crippen molar-refractivity contribution in [1.29, 1.82) is 0 Å². The average molecular weight is 217 g/mol. The third-order valence-electron chi connectivity index (χ3n) is 2.20. The van der Waals surface area contributed by atoms with Crippen LogP contribution in [0.1, 0.15) is 51.2 Å². The molecule has 15 heavy (non-hydrogen) atoms. The standard InChI is InChI=1S/C10H17F2N3/c1-3-5-6-8-13-9(15-14-8)10(11,12)7-4-2/h3-7H2,1-2H3,(H,13,14,15). The second kappa shape index (κ2) is 5.19.